The number of nitrogens with one attached hydrogen (secondary N) is 1. The fraction of sp³-hybridized carbons (Fsp3) is 0.259. The van der Waals surface area contributed by atoms with Crippen LogP contribution in [0.1, 0.15) is 23.6 Å². The van der Waals surface area contributed by atoms with Gasteiger partial charge in [-0.25, -0.2) is 0 Å². The largest absolute Gasteiger partial charge is 0.497 e. The summed E-state index contributed by atoms with van der Waals surface area (Å²) in [5.74, 6) is 0.535. The third kappa shape index (κ3) is 6.71. The fourth-order valence-electron chi connectivity index (χ4n) is 3.64. The average Bonchev–Trinajstić information content (AvgIpc) is 2.83. The number of nitrogens with zero attached hydrogens (tertiary/aromatic N) is 1. The van der Waals surface area contributed by atoms with Crippen LogP contribution in [0.2, 0.25) is 0 Å². The number of carbonyl (C=O) groups is 2. The van der Waals surface area contributed by atoms with Gasteiger partial charge in [-0.15, -0.1) is 0 Å². The summed E-state index contributed by atoms with van der Waals surface area (Å²) in [7, 11) is 1.64. The van der Waals surface area contributed by atoms with Crippen LogP contribution in [0.15, 0.2) is 84.9 Å². The number of rotatable bonds is 10. The van der Waals surface area contributed by atoms with Crippen LogP contribution in [0.25, 0.3) is 0 Å². The summed E-state index contributed by atoms with van der Waals surface area (Å²) in [6, 6.07) is 26.8. The molecule has 3 aromatic rings. The molecule has 0 aliphatic carbocycles. The number of hydrogen-bond donors (Lipinski definition) is 1. The first kappa shape index (κ1) is 23.1. The van der Waals surface area contributed by atoms with E-state index in [1.54, 1.807) is 12.0 Å². The van der Waals surface area contributed by atoms with E-state index >= 15 is 0 Å². The topological polar surface area (TPSA) is 58.6 Å². The molecule has 5 nitrogen and oxygen atoms in total. The minimum absolute atomic E-state index is 0.125. The van der Waals surface area contributed by atoms with Crippen molar-refractivity contribution in [3.05, 3.63) is 102 Å². The molecule has 0 spiro atoms. The molecule has 0 aliphatic rings. The predicted octanol–water partition coefficient (Wildman–Crippen LogP) is 4.01. The Morgan fingerprint density at radius 3 is 2.00 bits per heavy atom. The highest BCUT2D eigenvalue weighted by Gasteiger charge is 2.28. The zero-order valence-corrected chi connectivity index (χ0v) is 18.7. The van der Waals surface area contributed by atoms with Gasteiger partial charge < -0.3 is 15.0 Å². The van der Waals surface area contributed by atoms with E-state index in [0.717, 1.165) is 22.4 Å². The van der Waals surface area contributed by atoms with Crippen molar-refractivity contribution < 1.29 is 14.3 Å². The normalized spacial score (nSPS) is 11.4. The first-order valence-electron chi connectivity index (χ1n) is 10.8. The van der Waals surface area contributed by atoms with Gasteiger partial charge in [0.05, 0.1) is 7.11 Å². The molecular weight excluding hydrogens is 400 g/mol. The molecule has 1 N–H and O–H groups in total. The zero-order valence-electron chi connectivity index (χ0n) is 18.7. The molecule has 0 radical (unpaired) electrons. The highest BCUT2D eigenvalue weighted by Crippen LogP contribution is 2.15. The zero-order chi connectivity index (χ0) is 22.8. The minimum Gasteiger partial charge on any atom is -0.497 e. The highest BCUT2D eigenvalue weighted by atomic mass is 16.5. The molecule has 0 fully saturated rings. The van der Waals surface area contributed by atoms with E-state index in [1.807, 2.05) is 84.9 Å². The molecule has 0 bridgehead atoms. The van der Waals surface area contributed by atoms with E-state index in [4.69, 9.17) is 4.74 Å². The molecule has 5 heteroatoms. The number of ether oxygens (including phenoxy) is 1. The van der Waals surface area contributed by atoms with Crippen molar-refractivity contribution >= 4 is 11.8 Å². The quantitative estimate of drug-likeness (QED) is 0.529. The summed E-state index contributed by atoms with van der Waals surface area (Å²) in [6.07, 6.45) is 1.16. The summed E-state index contributed by atoms with van der Waals surface area (Å²) < 4.78 is 5.19. The fourth-order valence-corrected chi connectivity index (χ4v) is 3.64. The van der Waals surface area contributed by atoms with Crippen LogP contribution in [0.3, 0.4) is 0 Å². The van der Waals surface area contributed by atoms with Gasteiger partial charge in [-0.05, 0) is 35.2 Å². The Balaban J connectivity index is 1.72. The molecule has 3 aromatic carbocycles. The van der Waals surface area contributed by atoms with Gasteiger partial charge in [0.1, 0.15) is 11.8 Å². The smallest absolute Gasteiger partial charge is 0.243 e. The maximum atomic E-state index is 13.2. The lowest BCUT2D eigenvalue weighted by molar-refractivity contribution is -0.139. The first-order chi connectivity index (χ1) is 15.6. The Morgan fingerprint density at radius 1 is 0.844 bits per heavy atom. The second-order valence-corrected chi connectivity index (χ2v) is 7.73. The molecule has 0 aromatic heterocycles. The van der Waals surface area contributed by atoms with Crippen molar-refractivity contribution in [2.45, 2.75) is 32.4 Å². The summed E-state index contributed by atoms with van der Waals surface area (Å²) in [6.45, 7) is 2.40. The lowest BCUT2D eigenvalue weighted by Crippen LogP contribution is -2.50. The third-order valence-corrected chi connectivity index (χ3v) is 5.42. The van der Waals surface area contributed by atoms with E-state index < -0.39 is 6.04 Å². The minimum atomic E-state index is -0.592. The second kappa shape index (κ2) is 11.7. The van der Waals surface area contributed by atoms with Gasteiger partial charge in [-0.3, -0.25) is 9.59 Å². The van der Waals surface area contributed by atoms with E-state index in [9.17, 15) is 9.59 Å². The number of benzene rings is 3. The molecule has 1 atom stereocenters. The molecule has 32 heavy (non-hydrogen) atoms. The Morgan fingerprint density at radius 2 is 1.44 bits per heavy atom. The van der Waals surface area contributed by atoms with Crippen molar-refractivity contribution in [3.63, 3.8) is 0 Å². The maximum Gasteiger partial charge on any atom is 0.243 e. The molecular formula is C27H30N2O3. The van der Waals surface area contributed by atoms with Crippen LogP contribution in [-0.4, -0.2) is 36.4 Å². The van der Waals surface area contributed by atoms with Crippen LogP contribution in [0, 0.1) is 0 Å². The number of methoxy groups -OCH3 is 1. The number of hydrogen-bond acceptors (Lipinski definition) is 3. The second-order valence-electron chi connectivity index (χ2n) is 7.73. The van der Waals surface area contributed by atoms with Crippen LogP contribution in [-0.2, 0) is 29.0 Å². The molecule has 2 amide bonds. The van der Waals surface area contributed by atoms with Crippen molar-refractivity contribution in [1.82, 2.24) is 10.2 Å². The average molecular weight is 431 g/mol. The number of amides is 2. The van der Waals surface area contributed by atoms with E-state index in [2.05, 4.69) is 5.32 Å². The van der Waals surface area contributed by atoms with Crippen LogP contribution >= 0.6 is 0 Å². The molecule has 0 saturated carbocycles. The molecule has 3 rings (SSSR count). The monoisotopic (exact) mass is 430 g/mol. The van der Waals surface area contributed by atoms with Crippen molar-refractivity contribution in [3.8, 4) is 5.75 Å². The predicted molar refractivity (Wildman–Crippen MR) is 126 cm³/mol. The Kier molecular flexibility index (Phi) is 8.44. The SMILES string of the molecule is COc1ccc(CCNC(=O)[C@@H](Cc2ccccc2)N(Cc2ccccc2)C(C)=O)cc1. The molecule has 166 valence electrons. The lowest BCUT2D eigenvalue weighted by atomic mass is 10.0. The van der Waals surface area contributed by atoms with Crippen LogP contribution in [0.5, 0.6) is 5.75 Å². The van der Waals surface area contributed by atoms with Gasteiger partial charge in [0, 0.05) is 26.4 Å². The van der Waals surface area contributed by atoms with Gasteiger partial charge in [-0.1, -0.05) is 72.8 Å². The van der Waals surface area contributed by atoms with Crippen molar-refractivity contribution in [2.75, 3.05) is 13.7 Å². The van der Waals surface area contributed by atoms with Crippen molar-refractivity contribution in [1.29, 1.82) is 0 Å². The Bertz CT molecular complexity index is 988. The standard InChI is InChI=1S/C27H30N2O3/c1-21(30)29(20-24-11-7-4-8-12-24)26(19-23-9-5-3-6-10-23)27(31)28-18-17-22-13-15-25(32-2)16-14-22/h3-16,26H,17-20H2,1-2H3,(H,28,31)/t26-/m1/s1. The summed E-state index contributed by atoms with van der Waals surface area (Å²) >= 11 is 0. The third-order valence-electron chi connectivity index (χ3n) is 5.42. The van der Waals surface area contributed by atoms with E-state index in [-0.39, 0.29) is 11.8 Å². The maximum absolute atomic E-state index is 13.2. The highest BCUT2D eigenvalue weighted by molar-refractivity contribution is 5.87. The molecule has 0 aliphatic heterocycles. The van der Waals surface area contributed by atoms with Gasteiger partial charge in [0.2, 0.25) is 11.8 Å². The van der Waals surface area contributed by atoms with E-state index in [0.29, 0.717) is 25.9 Å². The van der Waals surface area contributed by atoms with E-state index in [1.165, 1.54) is 6.92 Å². The summed E-state index contributed by atoms with van der Waals surface area (Å²) in [5, 5.41) is 3.04. The summed E-state index contributed by atoms with van der Waals surface area (Å²) in [4.78, 5) is 27.5. The van der Waals surface area contributed by atoms with Crippen LogP contribution < -0.4 is 10.1 Å². The molecule has 0 unspecified atom stereocenters. The van der Waals surface area contributed by atoms with Gasteiger partial charge in [-0.2, -0.15) is 0 Å². The summed E-state index contributed by atoms with van der Waals surface area (Å²) in [5.41, 5.74) is 3.12. The molecule has 0 saturated heterocycles. The van der Waals surface area contributed by atoms with Gasteiger partial charge in [0.25, 0.3) is 0 Å². The van der Waals surface area contributed by atoms with Crippen molar-refractivity contribution in [2.24, 2.45) is 0 Å². The molecule has 0 heterocycles. The van der Waals surface area contributed by atoms with Gasteiger partial charge >= 0.3 is 0 Å². The lowest BCUT2D eigenvalue weighted by Gasteiger charge is -2.30. The Labute approximate surface area is 190 Å². The Hall–Kier alpha value is -3.60. The number of carbonyl (C=O) groups excluding carboxylic acids is 2. The van der Waals surface area contributed by atoms with Crippen LogP contribution in [0.4, 0.5) is 0 Å². The first-order valence-corrected chi connectivity index (χ1v) is 10.8. The van der Waals surface area contributed by atoms with Gasteiger partial charge in [0.15, 0.2) is 0 Å².